The SMILES string of the molecule is C1COCCN1.CNc1cc(Nc2cnc(C#N)cn2)nnc1-c1ccn(C)n1. The van der Waals surface area contributed by atoms with Gasteiger partial charge in [-0.05, 0) is 6.07 Å². The van der Waals surface area contributed by atoms with Crippen molar-refractivity contribution in [2.75, 3.05) is 44.0 Å². The van der Waals surface area contributed by atoms with E-state index in [4.69, 9.17) is 10.00 Å². The molecule has 11 nitrogen and oxygen atoms in total. The lowest BCUT2D eigenvalue weighted by atomic mass is 10.2. The van der Waals surface area contributed by atoms with E-state index in [1.807, 2.05) is 25.4 Å². The van der Waals surface area contributed by atoms with Gasteiger partial charge in [-0.25, -0.2) is 9.97 Å². The van der Waals surface area contributed by atoms with E-state index >= 15 is 0 Å². The number of nitrogens with one attached hydrogen (secondary N) is 3. The van der Waals surface area contributed by atoms with Crippen molar-refractivity contribution >= 4 is 17.3 Å². The molecular weight excluding hydrogens is 372 g/mol. The van der Waals surface area contributed by atoms with Crippen LogP contribution in [0.3, 0.4) is 0 Å². The number of aryl methyl sites for hydroxylation is 1. The van der Waals surface area contributed by atoms with Gasteiger partial charge in [0.1, 0.15) is 23.3 Å². The second kappa shape index (κ2) is 10.1. The number of nitriles is 1. The van der Waals surface area contributed by atoms with Crippen molar-refractivity contribution in [2.24, 2.45) is 7.05 Å². The van der Waals surface area contributed by atoms with Gasteiger partial charge in [0.05, 0.1) is 31.3 Å². The van der Waals surface area contributed by atoms with Crippen molar-refractivity contribution in [3.8, 4) is 17.5 Å². The average molecular weight is 394 g/mol. The summed E-state index contributed by atoms with van der Waals surface area (Å²) in [6.45, 7) is 3.83. The molecule has 1 aliphatic rings. The molecule has 1 saturated heterocycles. The second-order valence-corrected chi connectivity index (χ2v) is 6.00. The van der Waals surface area contributed by atoms with E-state index in [0.29, 0.717) is 17.3 Å². The Balaban J connectivity index is 0.000000343. The number of ether oxygens (including phenoxy) is 1. The highest BCUT2D eigenvalue weighted by Crippen LogP contribution is 2.25. The number of rotatable bonds is 4. The highest BCUT2D eigenvalue weighted by Gasteiger charge is 2.11. The van der Waals surface area contributed by atoms with Crippen molar-refractivity contribution in [1.82, 2.24) is 35.3 Å². The molecule has 0 bridgehead atoms. The van der Waals surface area contributed by atoms with Gasteiger partial charge in [-0.1, -0.05) is 0 Å². The predicted molar refractivity (Wildman–Crippen MR) is 107 cm³/mol. The van der Waals surface area contributed by atoms with Crippen molar-refractivity contribution in [2.45, 2.75) is 0 Å². The lowest BCUT2D eigenvalue weighted by Gasteiger charge is -2.10. The third-order valence-electron chi connectivity index (χ3n) is 3.89. The molecule has 0 amide bonds. The average Bonchev–Trinajstić information content (AvgIpc) is 3.22. The second-order valence-electron chi connectivity index (χ2n) is 6.00. The Morgan fingerprint density at radius 2 is 2.00 bits per heavy atom. The molecule has 3 N–H and O–H groups in total. The van der Waals surface area contributed by atoms with Crippen LogP contribution in [0, 0.1) is 11.3 Å². The Morgan fingerprint density at radius 3 is 2.52 bits per heavy atom. The number of morpholine rings is 1. The Kier molecular flexibility index (Phi) is 6.99. The zero-order chi connectivity index (χ0) is 20.5. The Bertz CT molecular complexity index is 948. The van der Waals surface area contributed by atoms with Crippen molar-refractivity contribution in [3.63, 3.8) is 0 Å². The van der Waals surface area contributed by atoms with Crippen LogP contribution >= 0.6 is 0 Å². The fourth-order valence-electron chi connectivity index (χ4n) is 2.47. The van der Waals surface area contributed by atoms with Gasteiger partial charge in [0.2, 0.25) is 0 Å². The summed E-state index contributed by atoms with van der Waals surface area (Å²) >= 11 is 0. The first kappa shape index (κ1) is 20.1. The summed E-state index contributed by atoms with van der Waals surface area (Å²) in [6.07, 6.45) is 4.69. The van der Waals surface area contributed by atoms with Crippen LogP contribution < -0.4 is 16.0 Å². The van der Waals surface area contributed by atoms with Gasteiger partial charge in [-0.15, -0.1) is 10.2 Å². The molecule has 11 heteroatoms. The highest BCUT2D eigenvalue weighted by molar-refractivity contribution is 5.73. The van der Waals surface area contributed by atoms with E-state index in [1.54, 1.807) is 17.8 Å². The van der Waals surface area contributed by atoms with Crippen LogP contribution in [0.15, 0.2) is 30.7 Å². The van der Waals surface area contributed by atoms with E-state index in [-0.39, 0.29) is 5.69 Å². The molecule has 0 aromatic carbocycles. The molecule has 0 radical (unpaired) electrons. The lowest BCUT2D eigenvalue weighted by Crippen LogP contribution is -2.30. The molecule has 3 aromatic heterocycles. The molecule has 150 valence electrons. The summed E-state index contributed by atoms with van der Waals surface area (Å²) in [4.78, 5) is 8.03. The summed E-state index contributed by atoms with van der Waals surface area (Å²) < 4.78 is 6.71. The van der Waals surface area contributed by atoms with E-state index in [0.717, 1.165) is 37.7 Å². The fourth-order valence-corrected chi connectivity index (χ4v) is 2.47. The fraction of sp³-hybridized carbons (Fsp3) is 0.333. The molecule has 1 aliphatic heterocycles. The number of anilines is 3. The van der Waals surface area contributed by atoms with E-state index in [9.17, 15) is 0 Å². The standard InChI is InChI=1S/C14H13N9.C4H9NO/c1-16-11-5-12(19-13-8-17-9(6-15)7-18-13)20-21-14(11)10-3-4-23(2)22-10;1-3-6-4-2-5-1/h3-5,7-8H,1-2H3,(H2,16,18,19,20);5H,1-4H2. The molecule has 0 unspecified atom stereocenters. The van der Waals surface area contributed by atoms with E-state index in [1.165, 1.54) is 12.4 Å². The molecule has 0 aliphatic carbocycles. The number of hydrogen-bond donors (Lipinski definition) is 3. The number of nitrogens with zero attached hydrogens (tertiary/aromatic N) is 7. The normalized spacial score (nSPS) is 13.0. The van der Waals surface area contributed by atoms with Crippen LogP contribution in [0.25, 0.3) is 11.4 Å². The van der Waals surface area contributed by atoms with Gasteiger partial charge in [0.15, 0.2) is 11.5 Å². The topological polar surface area (TPSA) is 138 Å². The van der Waals surface area contributed by atoms with Crippen LogP contribution in [-0.4, -0.2) is 63.3 Å². The molecule has 3 aromatic rings. The molecular formula is C18H22N10O. The minimum atomic E-state index is 0.253. The third kappa shape index (κ3) is 5.68. The minimum absolute atomic E-state index is 0.253. The van der Waals surface area contributed by atoms with Crippen LogP contribution in [0.1, 0.15) is 5.69 Å². The van der Waals surface area contributed by atoms with Crippen molar-refractivity contribution in [1.29, 1.82) is 5.26 Å². The summed E-state index contributed by atoms with van der Waals surface area (Å²) in [6, 6.07) is 5.58. The Labute approximate surface area is 168 Å². The van der Waals surface area contributed by atoms with Gasteiger partial charge in [0.25, 0.3) is 0 Å². The zero-order valence-electron chi connectivity index (χ0n) is 16.3. The summed E-state index contributed by atoms with van der Waals surface area (Å²) in [5.74, 6) is 0.985. The summed E-state index contributed by atoms with van der Waals surface area (Å²) in [7, 11) is 3.64. The molecule has 0 atom stereocenters. The van der Waals surface area contributed by atoms with Crippen LogP contribution in [-0.2, 0) is 11.8 Å². The number of hydrogen-bond acceptors (Lipinski definition) is 10. The minimum Gasteiger partial charge on any atom is -0.386 e. The van der Waals surface area contributed by atoms with Crippen molar-refractivity contribution < 1.29 is 4.74 Å². The monoisotopic (exact) mass is 394 g/mol. The lowest BCUT2D eigenvalue weighted by molar-refractivity contribution is 0.109. The molecule has 29 heavy (non-hydrogen) atoms. The predicted octanol–water partition coefficient (Wildman–Crippen LogP) is 0.930. The maximum atomic E-state index is 8.72. The third-order valence-corrected chi connectivity index (χ3v) is 3.89. The Morgan fingerprint density at radius 1 is 1.17 bits per heavy atom. The van der Waals surface area contributed by atoms with Crippen LogP contribution in [0.4, 0.5) is 17.3 Å². The summed E-state index contributed by atoms with van der Waals surface area (Å²) in [5, 5.41) is 30.6. The molecule has 4 rings (SSSR count). The first-order valence-electron chi connectivity index (χ1n) is 9.02. The van der Waals surface area contributed by atoms with Crippen molar-refractivity contribution in [3.05, 3.63) is 36.4 Å². The van der Waals surface area contributed by atoms with Crippen LogP contribution in [0.2, 0.25) is 0 Å². The Hall–Kier alpha value is -3.62. The number of aromatic nitrogens is 6. The first-order valence-corrected chi connectivity index (χ1v) is 9.02. The smallest absolute Gasteiger partial charge is 0.158 e. The van der Waals surface area contributed by atoms with E-state index < -0.39 is 0 Å². The maximum absolute atomic E-state index is 8.72. The quantitative estimate of drug-likeness (QED) is 0.585. The van der Waals surface area contributed by atoms with Gasteiger partial charge >= 0.3 is 0 Å². The zero-order valence-corrected chi connectivity index (χ0v) is 16.3. The molecule has 1 fully saturated rings. The summed E-state index contributed by atoms with van der Waals surface area (Å²) in [5.41, 5.74) is 2.42. The largest absolute Gasteiger partial charge is 0.386 e. The van der Waals surface area contributed by atoms with Gasteiger partial charge in [-0.2, -0.15) is 10.4 Å². The first-order chi connectivity index (χ1) is 14.2. The molecule has 0 saturated carbocycles. The van der Waals surface area contributed by atoms with Gasteiger partial charge in [0, 0.05) is 39.4 Å². The highest BCUT2D eigenvalue weighted by atomic mass is 16.5. The molecule has 0 spiro atoms. The van der Waals surface area contributed by atoms with Crippen LogP contribution in [0.5, 0.6) is 0 Å². The van der Waals surface area contributed by atoms with Gasteiger partial charge < -0.3 is 20.7 Å². The van der Waals surface area contributed by atoms with E-state index in [2.05, 4.69) is 41.2 Å². The maximum Gasteiger partial charge on any atom is 0.158 e. The molecule has 4 heterocycles. The van der Waals surface area contributed by atoms with Gasteiger partial charge in [-0.3, -0.25) is 4.68 Å².